The molecule has 6 nitrogen and oxygen atoms in total. The fraction of sp³-hybridized carbons (Fsp3) is 0.769. The van der Waals surface area contributed by atoms with Crippen molar-refractivity contribution in [2.45, 2.75) is 46.1 Å². The highest BCUT2D eigenvalue weighted by atomic mass is 16.5. The summed E-state index contributed by atoms with van der Waals surface area (Å²) in [6.45, 7) is 7.05. The van der Waals surface area contributed by atoms with Crippen LogP contribution in [0.25, 0.3) is 0 Å². The molecule has 1 aromatic heterocycles. The van der Waals surface area contributed by atoms with Crippen molar-refractivity contribution in [3.8, 4) is 6.01 Å². The highest BCUT2D eigenvalue weighted by Gasteiger charge is 2.31. The summed E-state index contributed by atoms with van der Waals surface area (Å²) in [5, 5.41) is 6.31. The predicted octanol–water partition coefficient (Wildman–Crippen LogP) is 2.30. The van der Waals surface area contributed by atoms with E-state index < -0.39 is 0 Å². The molecule has 1 unspecified atom stereocenters. The van der Waals surface area contributed by atoms with E-state index in [1.807, 2.05) is 6.92 Å². The number of nitrogens with one attached hydrogen (secondary N) is 2. The molecular formula is C13H23N5O. The predicted molar refractivity (Wildman–Crippen MR) is 75.6 cm³/mol. The van der Waals surface area contributed by atoms with Crippen molar-refractivity contribution >= 4 is 11.9 Å². The Kier molecular flexibility index (Phi) is 4.07. The van der Waals surface area contributed by atoms with Gasteiger partial charge >= 0.3 is 6.01 Å². The smallest absolute Gasteiger partial charge is 0.323 e. The van der Waals surface area contributed by atoms with Gasteiger partial charge in [0.25, 0.3) is 0 Å². The van der Waals surface area contributed by atoms with E-state index in [2.05, 4.69) is 39.4 Å². The highest BCUT2D eigenvalue weighted by Crippen LogP contribution is 2.38. The van der Waals surface area contributed by atoms with Gasteiger partial charge in [0.05, 0.1) is 6.61 Å². The average molecular weight is 265 g/mol. The molecule has 1 atom stereocenters. The summed E-state index contributed by atoms with van der Waals surface area (Å²) in [6, 6.07) is 0.790. The monoisotopic (exact) mass is 265 g/mol. The number of hydrogen-bond donors (Lipinski definition) is 2. The van der Waals surface area contributed by atoms with E-state index in [1.54, 1.807) is 7.05 Å². The number of aromatic nitrogens is 3. The molecule has 0 saturated heterocycles. The van der Waals surface area contributed by atoms with Crippen LogP contribution in [0.5, 0.6) is 6.01 Å². The number of anilines is 2. The fourth-order valence-corrected chi connectivity index (χ4v) is 2.47. The molecule has 1 fully saturated rings. The van der Waals surface area contributed by atoms with Gasteiger partial charge < -0.3 is 15.4 Å². The molecule has 2 N–H and O–H groups in total. The summed E-state index contributed by atoms with van der Waals surface area (Å²) in [7, 11) is 1.79. The molecule has 1 aliphatic rings. The van der Waals surface area contributed by atoms with Crippen molar-refractivity contribution in [1.82, 2.24) is 15.0 Å². The summed E-state index contributed by atoms with van der Waals surface area (Å²) in [4.78, 5) is 12.8. The topological polar surface area (TPSA) is 72.0 Å². The maximum Gasteiger partial charge on any atom is 0.323 e. The van der Waals surface area contributed by atoms with Crippen LogP contribution in [-0.2, 0) is 0 Å². The quantitative estimate of drug-likeness (QED) is 0.851. The SMILES string of the molecule is CCOc1nc(NC)nc(NC2CCC(C)(C)C2)n1. The largest absolute Gasteiger partial charge is 0.464 e. The molecule has 2 rings (SSSR count). The third-order valence-electron chi connectivity index (χ3n) is 3.41. The van der Waals surface area contributed by atoms with Crippen molar-refractivity contribution in [3.63, 3.8) is 0 Å². The van der Waals surface area contributed by atoms with Gasteiger partial charge in [-0.25, -0.2) is 0 Å². The van der Waals surface area contributed by atoms with Gasteiger partial charge in [-0.05, 0) is 31.6 Å². The minimum absolute atomic E-state index is 0.363. The second-order valence-corrected chi connectivity index (χ2v) is 5.70. The summed E-state index contributed by atoms with van der Waals surface area (Å²) in [5.41, 5.74) is 0.402. The second kappa shape index (κ2) is 5.59. The molecule has 0 spiro atoms. The van der Waals surface area contributed by atoms with Crippen molar-refractivity contribution in [2.24, 2.45) is 5.41 Å². The molecule has 6 heteroatoms. The van der Waals surface area contributed by atoms with E-state index in [0.29, 0.717) is 36.0 Å². The Morgan fingerprint density at radius 2 is 2.00 bits per heavy atom. The minimum Gasteiger partial charge on any atom is -0.464 e. The normalized spacial score (nSPS) is 21.2. The zero-order valence-electron chi connectivity index (χ0n) is 12.2. The van der Waals surface area contributed by atoms with Crippen molar-refractivity contribution in [3.05, 3.63) is 0 Å². The molecular weight excluding hydrogens is 242 g/mol. The van der Waals surface area contributed by atoms with Crippen LogP contribution >= 0.6 is 0 Å². The molecule has 106 valence electrons. The van der Waals surface area contributed by atoms with Gasteiger partial charge in [-0.2, -0.15) is 15.0 Å². The van der Waals surface area contributed by atoms with Crippen LogP contribution in [0.3, 0.4) is 0 Å². The van der Waals surface area contributed by atoms with Crippen molar-refractivity contribution in [1.29, 1.82) is 0 Å². The first-order valence-electron chi connectivity index (χ1n) is 6.85. The van der Waals surface area contributed by atoms with Gasteiger partial charge in [0.1, 0.15) is 0 Å². The maximum absolute atomic E-state index is 5.35. The Bertz CT molecular complexity index is 435. The first-order chi connectivity index (χ1) is 9.02. The van der Waals surface area contributed by atoms with Gasteiger partial charge in [-0.15, -0.1) is 0 Å². The van der Waals surface area contributed by atoms with Gasteiger partial charge in [0, 0.05) is 13.1 Å². The van der Waals surface area contributed by atoms with E-state index >= 15 is 0 Å². The Balaban J connectivity index is 2.09. The summed E-state index contributed by atoms with van der Waals surface area (Å²) < 4.78 is 5.35. The summed E-state index contributed by atoms with van der Waals surface area (Å²) in [6.07, 6.45) is 3.52. The molecule has 1 aliphatic carbocycles. The molecule has 1 aromatic rings. The lowest BCUT2D eigenvalue weighted by Crippen LogP contribution is -2.20. The Hall–Kier alpha value is -1.59. The highest BCUT2D eigenvalue weighted by molar-refractivity contribution is 5.36. The van der Waals surface area contributed by atoms with E-state index in [9.17, 15) is 0 Å². The Morgan fingerprint density at radius 1 is 1.26 bits per heavy atom. The second-order valence-electron chi connectivity index (χ2n) is 5.70. The molecule has 1 heterocycles. The number of hydrogen-bond acceptors (Lipinski definition) is 6. The molecule has 19 heavy (non-hydrogen) atoms. The van der Waals surface area contributed by atoms with E-state index in [4.69, 9.17) is 4.74 Å². The van der Waals surface area contributed by atoms with Crippen LogP contribution in [0, 0.1) is 5.41 Å². The summed E-state index contributed by atoms with van der Waals surface area (Å²) >= 11 is 0. The van der Waals surface area contributed by atoms with Crippen LogP contribution in [0.1, 0.15) is 40.0 Å². The van der Waals surface area contributed by atoms with E-state index in [1.165, 1.54) is 6.42 Å². The summed E-state index contributed by atoms with van der Waals surface area (Å²) in [5.74, 6) is 1.11. The maximum atomic E-state index is 5.35. The lowest BCUT2D eigenvalue weighted by Gasteiger charge is -2.18. The molecule has 0 amide bonds. The van der Waals surface area contributed by atoms with Gasteiger partial charge in [0.15, 0.2) is 0 Å². The minimum atomic E-state index is 0.363. The third-order valence-corrected chi connectivity index (χ3v) is 3.41. The van der Waals surface area contributed by atoms with Gasteiger partial charge in [-0.1, -0.05) is 13.8 Å². The molecule has 0 bridgehead atoms. The third kappa shape index (κ3) is 3.68. The first kappa shape index (κ1) is 13.8. The number of rotatable bonds is 5. The standard InChI is InChI=1S/C13H23N5O/c1-5-19-12-17-10(14-4)16-11(18-12)15-9-6-7-13(2,3)8-9/h9H,5-8H2,1-4H3,(H2,14,15,16,17,18). The molecule has 0 radical (unpaired) electrons. The van der Waals surface area contributed by atoms with Crippen molar-refractivity contribution < 1.29 is 4.74 Å². The lowest BCUT2D eigenvalue weighted by molar-refractivity contribution is 0.312. The zero-order valence-corrected chi connectivity index (χ0v) is 12.2. The average Bonchev–Trinajstić information content (AvgIpc) is 2.68. The van der Waals surface area contributed by atoms with Crippen LogP contribution in [0.15, 0.2) is 0 Å². The Labute approximate surface area is 114 Å². The fourth-order valence-electron chi connectivity index (χ4n) is 2.47. The van der Waals surface area contributed by atoms with Crippen LogP contribution in [0.4, 0.5) is 11.9 Å². The van der Waals surface area contributed by atoms with Gasteiger partial charge in [0.2, 0.25) is 11.9 Å². The molecule has 1 saturated carbocycles. The lowest BCUT2D eigenvalue weighted by atomic mass is 9.92. The molecule has 0 aliphatic heterocycles. The van der Waals surface area contributed by atoms with Crippen molar-refractivity contribution in [2.75, 3.05) is 24.3 Å². The van der Waals surface area contributed by atoms with Crippen LogP contribution in [-0.4, -0.2) is 34.6 Å². The number of ether oxygens (including phenoxy) is 1. The number of nitrogens with zero attached hydrogens (tertiary/aromatic N) is 3. The molecule has 0 aromatic carbocycles. The van der Waals surface area contributed by atoms with Gasteiger partial charge in [-0.3, -0.25) is 0 Å². The van der Waals surface area contributed by atoms with Crippen LogP contribution in [0.2, 0.25) is 0 Å². The Morgan fingerprint density at radius 3 is 2.58 bits per heavy atom. The first-order valence-corrected chi connectivity index (χ1v) is 6.85. The zero-order chi connectivity index (χ0) is 13.9. The van der Waals surface area contributed by atoms with E-state index in [-0.39, 0.29) is 0 Å². The van der Waals surface area contributed by atoms with E-state index in [0.717, 1.165) is 12.8 Å². The van der Waals surface area contributed by atoms with Crippen LogP contribution < -0.4 is 15.4 Å².